The summed E-state index contributed by atoms with van der Waals surface area (Å²) >= 11 is 0. The van der Waals surface area contributed by atoms with E-state index < -0.39 is 16.6 Å². The standard InChI is InChI=1S/C15H19FN2O3S/c16-11-3-1-2-4-14(11)22(20)8-7-17-15(19)18-12-9-10-5-6-13(12)21-10/h1-4,10,12-13H,5-9H2,(H2,17,18,19). The van der Waals surface area contributed by atoms with Gasteiger partial charge in [-0.2, -0.15) is 0 Å². The molecule has 2 N–H and O–H groups in total. The molecule has 2 heterocycles. The molecule has 2 aliphatic rings. The van der Waals surface area contributed by atoms with Gasteiger partial charge in [-0.15, -0.1) is 0 Å². The van der Waals surface area contributed by atoms with Crippen LogP contribution in [0.4, 0.5) is 9.18 Å². The molecule has 0 spiro atoms. The summed E-state index contributed by atoms with van der Waals surface area (Å²) in [7, 11) is -1.46. The largest absolute Gasteiger partial charge is 0.373 e. The number of ether oxygens (including phenoxy) is 1. The molecule has 4 unspecified atom stereocenters. The average molecular weight is 326 g/mol. The topological polar surface area (TPSA) is 67.4 Å². The smallest absolute Gasteiger partial charge is 0.315 e. The maximum Gasteiger partial charge on any atom is 0.315 e. The molecule has 0 aromatic heterocycles. The molecule has 4 atom stereocenters. The van der Waals surface area contributed by atoms with E-state index in [1.165, 1.54) is 12.1 Å². The van der Waals surface area contributed by atoms with Gasteiger partial charge in [-0.1, -0.05) is 12.1 Å². The Morgan fingerprint density at radius 2 is 2.18 bits per heavy atom. The Bertz CT molecular complexity index is 584. The lowest BCUT2D eigenvalue weighted by molar-refractivity contribution is 0.0981. The van der Waals surface area contributed by atoms with Crippen molar-refractivity contribution in [2.45, 2.75) is 42.4 Å². The van der Waals surface area contributed by atoms with Crippen molar-refractivity contribution < 1.29 is 18.1 Å². The summed E-state index contributed by atoms with van der Waals surface area (Å²) in [6.45, 7) is 0.231. The first kappa shape index (κ1) is 15.4. The third kappa shape index (κ3) is 3.47. The van der Waals surface area contributed by atoms with Crippen molar-refractivity contribution in [3.8, 4) is 0 Å². The van der Waals surface area contributed by atoms with Crippen LogP contribution >= 0.6 is 0 Å². The van der Waals surface area contributed by atoms with Crippen molar-refractivity contribution in [2.24, 2.45) is 0 Å². The molecule has 120 valence electrons. The quantitative estimate of drug-likeness (QED) is 0.863. The molecule has 5 nitrogen and oxygen atoms in total. The van der Waals surface area contributed by atoms with Crippen molar-refractivity contribution >= 4 is 16.8 Å². The predicted octanol–water partition coefficient (Wildman–Crippen LogP) is 1.55. The van der Waals surface area contributed by atoms with Gasteiger partial charge < -0.3 is 15.4 Å². The fourth-order valence-electron chi connectivity index (χ4n) is 3.01. The van der Waals surface area contributed by atoms with E-state index in [-0.39, 0.29) is 41.5 Å². The molecule has 2 aliphatic heterocycles. The van der Waals surface area contributed by atoms with Crippen LogP contribution in [0.15, 0.2) is 29.2 Å². The molecule has 3 rings (SSSR count). The molecule has 2 amide bonds. The fourth-order valence-corrected chi connectivity index (χ4v) is 4.03. The van der Waals surface area contributed by atoms with E-state index >= 15 is 0 Å². The van der Waals surface area contributed by atoms with Crippen LogP contribution < -0.4 is 10.6 Å². The number of nitrogens with one attached hydrogen (secondary N) is 2. The summed E-state index contributed by atoms with van der Waals surface area (Å²) in [5, 5.41) is 5.56. The van der Waals surface area contributed by atoms with E-state index in [0.29, 0.717) is 0 Å². The van der Waals surface area contributed by atoms with Gasteiger partial charge >= 0.3 is 6.03 Å². The van der Waals surface area contributed by atoms with Crippen LogP contribution in [-0.4, -0.2) is 40.8 Å². The minimum Gasteiger partial charge on any atom is -0.373 e. The number of carbonyl (C=O) groups is 1. The van der Waals surface area contributed by atoms with Gasteiger partial charge in [0, 0.05) is 12.3 Å². The third-order valence-electron chi connectivity index (χ3n) is 4.08. The number of urea groups is 1. The van der Waals surface area contributed by atoms with Crippen LogP contribution in [0.1, 0.15) is 19.3 Å². The number of hydrogen-bond donors (Lipinski definition) is 2. The monoisotopic (exact) mass is 326 g/mol. The summed E-state index contributed by atoms with van der Waals surface area (Å²) in [6, 6.07) is 5.76. The molecule has 7 heteroatoms. The fraction of sp³-hybridized carbons (Fsp3) is 0.533. The SMILES string of the molecule is O=C(NCCS(=O)c1ccccc1F)NC1CC2CCC1O2. The number of benzene rings is 1. The summed E-state index contributed by atoms with van der Waals surface area (Å²) in [5.74, 6) is -0.300. The Kier molecular flexibility index (Phi) is 4.73. The molecule has 2 fully saturated rings. The van der Waals surface area contributed by atoms with Crippen molar-refractivity contribution in [1.82, 2.24) is 10.6 Å². The van der Waals surface area contributed by atoms with Crippen LogP contribution in [0.3, 0.4) is 0 Å². The van der Waals surface area contributed by atoms with E-state index in [1.54, 1.807) is 12.1 Å². The Morgan fingerprint density at radius 1 is 1.36 bits per heavy atom. The van der Waals surface area contributed by atoms with Gasteiger partial charge in [-0.3, -0.25) is 4.21 Å². The predicted molar refractivity (Wildman–Crippen MR) is 80.5 cm³/mol. The zero-order valence-electron chi connectivity index (χ0n) is 12.1. The Balaban J connectivity index is 1.40. The third-order valence-corrected chi connectivity index (χ3v) is 5.47. The minimum absolute atomic E-state index is 0.0656. The number of hydrogen-bond acceptors (Lipinski definition) is 3. The molecular formula is C15H19FN2O3S. The molecule has 2 bridgehead atoms. The van der Waals surface area contributed by atoms with Gasteiger partial charge in [0.25, 0.3) is 0 Å². The van der Waals surface area contributed by atoms with Crippen LogP contribution in [0, 0.1) is 5.82 Å². The molecule has 2 saturated heterocycles. The van der Waals surface area contributed by atoms with Gasteiger partial charge in [-0.25, -0.2) is 9.18 Å². The summed E-state index contributed by atoms with van der Waals surface area (Å²) in [5.41, 5.74) is 0. The van der Waals surface area contributed by atoms with Crippen LogP contribution in [0.25, 0.3) is 0 Å². The number of fused-ring (bicyclic) bond motifs is 2. The van der Waals surface area contributed by atoms with Crippen molar-refractivity contribution in [1.29, 1.82) is 0 Å². The lowest BCUT2D eigenvalue weighted by atomic mass is 9.96. The second-order valence-electron chi connectivity index (χ2n) is 5.60. The van der Waals surface area contributed by atoms with Gasteiger partial charge in [0.05, 0.1) is 33.9 Å². The summed E-state index contributed by atoms with van der Waals surface area (Å²) in [6.07, 6.45) is 3.34. The molecule has 0 radical (unpaired) electrons. The molecule has 1 aromatic carbocycles. The van der Waals surface area contributed by atoms with E-state index in [4.69, 9.17) is 4.74 Å². The Hall–Kier alpha value is -1.47. The van der Waals surface area contributed by atoms with E-state index in [9.17, 15) is 13.4 Å². The number of amides is 2. The summed E-state index contributed by atoms with van der Waals surface area (Å²) in [4.78, 5) is 12.0. The molecule has 0 saturated carbocycles. The van der Waals surface area contributed by atoms with E-state index in [1.807, 2.05) is 0 Å². The van der Waals surface area contributed by atoms with Crippen LogP contribution in [0.5, 0.6) is 0 Å². The van der Waals surface area contributed by atoms with Gasteiger partial charge in [0.15, 0.2) is 0 Å². The van der Waals surface area contributed by atoms with E-state index in [2.05, 4.69) is 10.6 Å². The Labute approximate surface area is 131 Å². The molecule has 1 aromatic rings. The first-order valence-electron chi connectivity index (χ1n) is 7.46. The highest BCUT2D eigenvalue weighted by Crippen LogP contribution is 2.34. The average Bonchev–Trinajstić information content (AvgIpc) is 3.10. The highest BCUT2D eigenvalue weighted by atomic mass is 32.2. The van der Waals surface area contributed by atoms with Crippen LogP contribution in [0.2, 0.25) is 0 Å². The second-order valence-corrected chi connectivity index (χ2v) is 7.14. The molecular weight excluding hydrogens is 307 g/mol. The number of rotatable bonds is 5. The molecule has 0 aliphatic carbocycles. The second kappa shape index (κ2) is 6.75. The zero-order chi connectivity index (χ0) is 15.5. The van der Waals surface area contributed by atoms with Crippen molar-refractivity contribution in [3.05, 3.63) is 30.1 Å². The maximum absolute atomic E-state index is 13.5. The lowest BCUT2D eigenvalue weighted by Crippen LogP contribution is -2.47. The number of halogens is 1. The van der Waals surface area contributed by atoms with Crippen molar-refractivity contribution in [3.63, 3.8) is 0 Å². The van der Waals surface area contributed by atoms with Crippen LogP contribution in [-0.2, 0) is 15.5 Å². The Morgan fingerprint density at radius 3 is 2.86 bits per heavy atom. The first-order valence-corrected chi connectivity index (χ1v) is 8.78. The minimum atomic E-state index is -1.46. The normalized spacial score (nSPS) is 27.6. The van der Waals surface area contributed by atoms with Gasteiger partial charge in [-0.05, 0) is 31.4 Å². The van der Waals surface area contributed by atoms with Gasteiger partial charge in [0.1, 0.15) is 5.82 Å². The number of carbonyl (C=O) groups excluding carboxylic acids is 1. The van der Waals surface area contributed by atoms with Gasteiger partial charge in [0.2, 0.25) is 0 Å². The van der Waals surface area contributed by atoms with Crippen molar-refractivity contribution in [2.75, 3.05) is 12.3 Å². The maximum atomic E-state index is 13.5. The summed E-state index contributed by atoms with van der Waals surface area (Å²) < 4.78 is 31.1. The zero-order valence-corrected chi connectivity index (χ0v) is 12.9. The first-order chi connectivity index (χ1) is 10.6. The highest BCUT2D eigenvalue weighted by molar-refractivity contribution is 7.85. The van der Waals surface area contributed by atoms with E-state index in [0.717, 1.165) is 19.3 Å². The highest BCUT2D eigenvalue weighted by Gasteiger charge is 2.41. The lowest BCUT2D eigenvalue weighted by Gasteiger charge is -2.20. The molecule has 22 heavy (non-hydrogen) atoms.